The predicted octanol–water partition coefficient (Wildman–Crippen LogP) is 6.01. The van der Waals surface area contributed by atoms with Crippen molar-refractivity contribution in [1.82, 2.24) is 40.4 Å². The SMILES string of the molecule is C[C@@H]1CNCCN1C(=O)[C@@H]1Cc2cc(Cl)cc(-c3ccnc4[nH]ccc34)c2O1.C[C@@H]1CNCCN1C(=O)[C@H]1Cc2cc(Cl)cc(-c3ccnc4[nH]ccc34)c2O1. The van der Waals surface area contributed by atoms with Crippen molar-refractivity contribution in [2.75, 3.05) is 39.3 Å². The molecule has 0 radical (unpaired) electrons. The highest BCUT2D eigenvalue weighted by atomic mass is 35.5. The number of ether oxygens (including phenoxy) is 2. The average Bonchev–Trinajstić information content (AvgIpc) is 4.03. The van der Waals surface area contributed by atoms with E-state index in [4.69, 9.17) is 32.7 Å². The van der Waals surface area contributed by atoms with Crippen LogP contribution in [-0.2, 0) is 22.4 Å². The molecule has 0 spiro atoms. The largest absolute Gasteiger partial charge is 0.479 e. The van der Waals surface area contributed by atoms with Crippen LogP contribution in [0.5, 0.6) is 11.5 Å². The minimum atomic E-state index is -0.503. The van der Waals surface area contributed by atoms with E-state index in [1.54, 1.807) is 12.4 Å². The van der Waals surface area contributed by atoms with Crippen LogP contribution >= 0.6 is 23.2 Å². The fourth-order valence-electron chi connectivity index (χ4n) is 8.42. The van der Waals surface area contributed by atoms with Crippen LogP contribution in [0, 0.1) is 0 Å². The predicted molar refractivity (Wildman–Crippen MR) is 217 cm³/mol. The standard InChI is InChI=1S/2C21H21ClN4O2/c2*1-12-11-23-6-7-26(12)21(27)18-9-13-8-14(22)10-17(19(13)28-18)15-2-4-24-20-16(15)3-5-25-20/h2*2-5,8,10,12,18,23H,6-7,9,11H2,1H3,(H,24,25)/t12-,18+;12-,18-/m11/s1. The number of halogens is 2. The summed E-state index contributed by atoms with van der Waals surface area (Å²) in [6.45, 7) is 8.79. The second-order valence-electron chi connectivity index (χ2n) is 14.9. The van der Waals surface area contributed by atoms with Gasteiger partial charge in [-0.05, 0) is 73.5 Å². The van der Waals surface area contributed by atoms with Crippen LogP contribution in [0.2, 0.25) is 10.0 Å². The topological polar surface area (TPSA) is 140 Å². The molecule has 4 aliphatic rings. The van der Waals surface area contributed by atoms with Crippen LogP contribution in [0.1, 0.15) is 25.0 Å². The molecular formula is C42H42Cl2N8O4. The maximum atomic E-state index is 13.1. The van der Waals surface area contributed by atoms with E-state index < -0.39 is 12.2 Å². The Balaban J connectivity index is 0.000000146. The molecule has 14 heteroatoms. The molecule has 4 N–H and O–H groups in total. The molecule has 2 saturated heterocycles. The molecule has 2 aromatic carbocycles. The Morgan fingerprint density at radius 3 is 1.54 bits per heavy atom. The quantitative estimate of drug-likeness (QED) is 0.170. The molecule has 0 unspecified atom stereocenters. The summed E-state index contributed by atoms with van der Waals surface area (Å²) < 4.78 is 12.5. The first-order valence-corrected chi connectivity index (χ1v) is 19.8. The van der Waals surface area contributed by atoms with Gasteiger partial charge in [0.25, 0.3) is 11.8 Å². The lowest BCUT2D eigenvalue weighted by molar-refractivity contribution is -0.141. The fourth-order valence-corrected chi connectivity index (χ4v) is 8.90. The molecular weight excluding hydrogens is 751 g/mol. The zero-order valence-corrected chi connectivity index (χ0v) is 32.6. The first-order chi connectivity index (χ1) is 27.2. The Bertz CT molecular complexity index is 2300. The lowest BCUT2D eigenvalue weighted by Gasteiger charge is -2.35. The molecule has 6 aromatic rings. The van der Waals surface area contributed by atoms with E-state index in [0.29, 0.717) is 36.0 Å². The highest BCUT2D eigenvalue weighted by Crippen LogP contribution is 2.45. The summed E-state index contributed by atoms with van der Waals surface area (Å²) in [6, 6.07) is 15.8. The number of amides is 2. The first kappa shape index (κ1) is 36.5. The molecule has 12 nitrogen and oxygen atoms in total. The van der Waals surface area contributed by atoms with Gasteiger partial charge in [0.1, 0.15) is 22.8 Å². The van der Waals surface area contributed by atoms with E-state index in [9.17, 15) is 9.59 Å². The zero-order valence-electron chi connectivity index (χ0n) is 31.1. The van der Waals surface area contributed by atoms with Crippen LogP contribution in [0.25, 0.3) is 44.3 Å². The van der Waals surface area contributed by atoms with Crippen molar-refractivity contribution >= 4 is 57.1 Å². The number of hydrogen-bond donors (Lipinski definition) is 4. The van der Waals surface area contributed by atoms with Crippen LogP contribution in [0.4, 0.5) is 0 Å². The molecule has 8 heterocycles. The fraction of sp³-hybridized carbons (Fsp3) is 0.333. The molecule has 2 fully saturated rings. The minimum Gasteiger partial charge on any atom is -0.479 e. The zero-order chi connectivity index (χ0) is 38.5. The van der Waals surface area contributed by atoms with E-state index >= 15 is 0 Å². The number of nitrogens with one attached hydrogen (secondary N) is 4. The van der Waals surface area contributed by atoms with Crippen molar-refractivity contribution < 1.29 is 19.1 Å². The number of aromatic nitrogens is 4. The summed E-state index contributed by atoms with van der Waals surface area (Å²) in [5.41, 5.74) is 7.37. The van der Waals surface area contributed by atoms with Gasteiger partial charge in [-0.3, -0.25) is 9.59 Å². The normalized spacial score (nSPS) is 21.6. The van der Waals surface area contributed by atoms with Gasteiger partial charge in [-0.1, -0.05) is 23.2 Å². The number of aromatic amines is 2. The van der Waals surface area contributed by atoms with E-state index in [0.717, 1.165) is 93.1 Å². The van der Waals surface area contributed by atoms with Gasteiger partial charge in [0.15, 0.2) is 12.2 Å². The lowest BCUT2D eigenvalue weighted by atomic mass is 9.99. The Labute approximate surface area is 333 Å². The van der Waals surface area contributed by atoms with E-state index in [2.05, 4.69) is 44.4 Å². The van der Waals surface area contributed by atoms with Gasteiger partial charge in [0.2, 0.25) is 0 Å². The van der Waals surface area contributed by atoms with Crippen LogP contribution in [0.15, 0.2) is 73.3 Å². The highest BCUT2D eigenvalue weighted by molar-refractivity contribution is 6.31. The molecule has 2 amide bonds. The molecule has 56 heavy (non-hydrogen) atoms. The third-order valence-electron chi connectivity index (χ3n) is 11.2. The number of fused-ring (bicyclic) bond motifs is 4. The van der Waals surface area contributed by atoms with Crippen LogP contribution < -0.4 is 20.1 Å². The Morgan fingerprint density at radius 2 is 1.11 bits per heavy atom. The van der Waals surface area contributed by atoms with Gasteiger partial charge >= 0.3 is 0 Å². The number of piperazine rings is 2. The molecule has 0 saturated carbocycles. The number of H-pyrrole nitrogens is 2. The van der Waals surface area contributed by atoms with Gasteiger partial charge in [0.05, 0.1) is 0 Å². The van der Waals surface area contributed by atoms with Gasteiger partial charge in [-0.15, -0.1) is 0 Å². The van der Waals surface area contributed by atoms with Gasteiger partial charge < -0.3 is 39.9 Å². The number of carbonyl (C=O) groups excluding carboxylic acids is 2. The smallest absolute Gasteiger partial charge is 0.264 e. The highest BCUT2D eigenvalue weighted by Gasteiger charge is 2.38. The van der Waals surface area contributed by atoms with E-state index in [1.807, 2.05) is 70.7 Å². The maximum Gasteiger partial charge on any atom is 0.264 e. The van der Waals surface area contributed by atoms with Crippen molar-refractivity contribution in [3.63, 3.8) is 0 Å². The number of pyridine rings is 2. The number of hydrogen-bond acceptors (Lipinski definition) is 8. The lowest BCUT2D eigenvalue weighted by Crippen LogP contribution is -2.55. The molecule has 4 aromatic heterocycles. The van der Waals surface area contributed by atoms with Crippen LogP contribution in [-0.4, -0.2) is 105 Å². The molecule has 10 rings (SSSR count). The van der Waals surface area contributed by atoms with Crippen molar-refractivity contribution in [2.24, 2.45) is 0 Å². The number of rotatable bonds is 4. The second kappa shape index (κ2) is 15.1. The molecule has 288 valence electrons. The third kappa shape index (κ3) is 6.74. The Kier molecular flexibility index (Phi) is 9.82. The Hall–Kier alpha value is -5.14. The van der Waals surface area contributed by atoms with Crippen LogP contribution in [0.3, 0.4) is 0 Å². The van der Waals surface area contributed by atoms with Gasteiger partial charge in [0, 0.05) is 132 Å². The monoisotopic (exact) mass is 792 g/mol. The number of carbonyl (C=O) groups is 2. The molecule has 0 bridgehead atoms. The third-order valence-corrected chi connectivity index (χ3v) is 11.6. The summed E-state index contributed by atoms with van der Waals surface area (Å²) in [5.74, 6) is 1.60. The molecule has 0 aliphatic carbocycles. The number of benzene rings is 2. The van der Waals surface area contributed by atoms with Crippen molar-refractivity contribution in [3.8, 4) is 33.8 Å². The molecule has 4 atom stereocenters. The second-order valence-corrected chi connectivity index (χ2v) is 15.7. The first-order valence-electron chi connectivity index (χ1n) is 19.1. The summed E-state index contributed by atoms with van der Waals surface area (Å²) >= 11 is 12.8. The average molecular weight is 794 g/mol. The van der Waals surface area contributed by atoms with Crippen molar-refractivity contribution in [2.45, 2.75) is 51.0 Å². The van der Waals surface area contributed by atoms with E-state index in [1.165, 1.54) is 0 Å². The van der Waals surface area contributed by atoms with E-state index in [-0.39, 0.29) is 23.9 Å². The molecule has 4 aliphatic heterocycles. The maximum absolute atomic E-state index is 13.1. The Morgan fingerprint density at radius 1 is 0.661 bits per heavy atom. The summed E-state index contributed by atoms with van der Waals surface area (Å²) in [7, 11) is 0. The van der Waals surface area contributed by atoms with Crippen molar-refractivity contribution in [1.29, 1.82) is 0 Å². The summed E-state index contributed by atoms with van der Waals surface area (Å²) in [5, 5.41) is 9.92. The number of nitrogens with zero attached hydrogens (tertiary/aromatic N) is 4. The minimum absolute atomic E-state index is 0.0498. The summed E-state index contributed by atoms with van der Waals surface area (Å²) in [4.78, 5) is 45.1. The summed E-state index contributed by atoms with van der Waals surface area (Å²) in [6.07, 6.45) is 7.34. The van der Waals surface area contributed by atoms with Gasteiger partial charge in [-0.25, -0.2) is 9.97 Å². The van der Waals surface area contributed by atoms with Crippen molar-refractivity contribution in [3.05, 3.63) is 94.5 Å². The van der Waals surface area contributed by atoms with Gasteiger partial charge in [-0.2, -0.15) is 0 Å².